The summed E-state index contributed by atoms with van der Waals surface area (Å²) in [6, 6.07) is 8.08. The molecule has 0 bridgehead atoms. The molecule has 2 atom stereocenters. The van der Waals surface area contributed by atoms with Crippen LogP contribution in [0.3, 0.4) is 0 Å². The summed E-state index contributed by atoms with van der Waals surface area (Å²) < 4.78 is 61.2. The van der Waals surface area contributed by atoms with Gasteiger partial charge >= 0.3 is 0 Å². The fourth-order valence-corrected chi connectivity index (χ4v) is 5.70. The minimum absolute atomic E-state index is 0.0143. The molecule has 2 unspecified atom stereocenters. The lowest BCUT2D eigenvalue weighted by molar-refractivity contribution is 0.0684. The zero-order valence-electron chi connectivity index (χ0n) is 21.4. The maximum absolute atomic E-state index is 14.4. The van der Waals surface area contributed by atoms with Crippen LogP contribution in [0.2, 0.25) is 0 Å². The number of benzene rings is 2. The highest BCUT2D eigenvalue weighted by Crippen LogP contribution is 2.36. The zero-order chi connectivity index (χ0) is 27.7. The van der Waals surface area contributed by atoms with Gasteiger partial charge in [-0.2, -0.15) is 0 Å². The first-order valence-electron chi connectivity index (χ1n) is 12.1. The average molecular weight is 556 g/mol. The lowest BCUT2D eigenvalue weighted by Crippen LogP contribution is -2.16. The van der Waals surface area contributed by atoms with Gasteiger partial charge in [0, 0.05) is 29.8 Å². The van der Waals surface area contributed by atoms with Crippen molar-refractivity contribution < 1.29 is 27.2 Å². The Hall–Kier alpha value is -4.03. The van der Waals surface area contributed by atoms with Gasteiger partial charge in [-0.05, 0) is 61.5 Å². The van der Waals surface area contributed by atoms with Crippen molar-refractivity contribution in [2.75, 3.05) is 30.8 Å². The minimum atomic E-state index is -3.45. The lowest BCUT2D eigenvalue weighted by Gasteiger charge is -2.18. The molecular weight excluding hydrogens is 528 g/mol. The van der Waals surface area contributed by atoms with E-state index in [1.165, 1.54) is 7.11 Å². The molecule has 1 saturated heterocycles. The molecule has 3 heterocycles. The van der Waals surface area contributed by atoms with E-state index in [1.54, 1.807) is 18.3 Å². The molecule has 1 fully saturated rings. The largest absolute Gasteiger partial charge is 0.489 e. The molecule has 9 nitrogen and oxygen atoms in total. The first-order valence-corrected chi connectivity index (χ1v) is 13.8. The number of nitrogen functional groups attached to an aromatic ring is 1. The maximum Gasteiger partial charge on any atom is 0.238 e. The summed E-state index contributed by atoms with van der Waals surface area (Å²) in [4.78, 5) is 12.7. The predicted octanol–water partition coefficient (Wildman–Crippen LogP) is 4.53. The van der Waals surface area contributed by atoms with Gasteiger partial charge in [-0.1, -0.05) is 0 Å². The van der Waals surface area contributed by atoms with Gasteiger partial charge in [-0.25, -0.2) is 27.9 Å². The van der Waals surface area contributed by atoms with Gasteiger partial charge in [-0.3, -0.25) is 0 Å². The number of hydrogen-bond donors (Lipinski definition) is 2. The second-order valence-electron chi connectivity index (χ2n) is 9.12. The SMILES string of the molecule is C=S(=O)(Nc1cc(-c2cc(OCC3CCCO3)c3nc(N)nc(C)c3c2)cnc1OC)c1ccc(F)cc1F. The first-order chi connectivity index (χ1) is 18.6. The standard InChI is InChI=1S/C27H27F2N5O4S/c1-15-20-9-16(11-23(25(20)33-27(30)32-15)38-14-19-5-4-8-37-19)17-10-22(26(36-2)31-13-17)34-39(3,35)24-7-6-18(28)12-21(24)29/h6-7,9-13,19H,3-5,8,14H2,1-2H3,(H,34,35)(H2,30,32,33). The number of anilines is 2. The summed E-state index contributed by atoms with van der Waals surface area (Å²) in [6.45, 7) is 2.87. The highest BCUT2D eigenvalue weighted by Gasteiger charge is 2.20. The number of fused-ring (bicyclic) bond motifs is 1. The molecule has 39 heavy (non-hydrogen) atoms. The monoisotopic (exact) mass is 555 g/mol. The normalized spacial score (nSPS) is 16.7. The summed E-state index contributed by atoms with van der Waals surface area (Å²) >= 11 is 0. The zero-order valence-corrected chi connectivity index (χ0v) is 22.2. The molecule has 4 aromatic rings. The Balaban J connectivity index is 1.56. The molecule has 5 rings (SSSR count). The number of nitrogens with two attached hydrogens (primary N) is 1. The Kier molecular flexibility index (Phi) is 7.23. The second kappa shape index (κ2) is 10.6. The summed E-state index contributed by atoms with van der Waals surface area (Å²) in [5, 5.41) is 0.726. The van der Waals surface area contributed by atoms with Crippen molar-refractivity contribution in [3.05, 3.63) is 59.9 Å². The quantitative estimate of drug-likeness (QED) is 0.304. The van der Waals surface area contributed by atoms with E-state index < -0.39 is 21.3 Å². The molecule has 12 heteroatoms. The van der Waals surface area contributed by atoms with Gasteiger partial charge in [0.25, 0.3) is 0 Å². The van der Waals surface area contributed by atoms with E-state index in [0.29, 0.717) is 47.4 Å². The van der Waals surface area contributed by atoms with Crippen molar-refractivity contribution in [2.45, 2.75) is 30.8 Å². The van der Waals surface area contributed by atoms with E-state index >= 15 is 0 Å². The number of pyridine rings is 1. The highest BCUT2D eigenvalue weighted by molar-refractivity contribution is 8.01. The van der Waals surface area contributed by atoms with Crippen LogP contribution in [0.25, 0.3) is 22.0 Å². The molecule has 3 N–H and O–H groups in total. The molecule has 0 radical (unpaired) electrons. The third-order valence-corrected chi connectivity index (χ3v) is 7.92. The number of ether oxygens (including phenoxy) is 3. The van der Waals surface area contributed by atoms with E-state index in [9.17, 15) is 13.0 Å². The third kappa shape index (κ3) is 5.57. The van der Waals surface area contributed by atoms with Crippen molar-refractivity contribution in [1.29, 1.82) is 0 Å². The molecule has 2 aromatic carbocycles. The Morgan fingerprint density at radius 3 is 2.74 bits per heavy atom. The number of aryl methyl sites for hydroxylation is 1. The maximum atomic E-state index is 14.4. The molecule has 0 saturated carbocycles. The fourth-order valence-electron chi connectivity index (χ4n) is 4.43. The van der Waals surface area contributed by atoms with E-state index in [4.69, 9.17) is 19.9 Å². The van der Waals surface area contributed by atoms with Crippen molar-refractivity contribution in [1.82, 2.24) is 15.0 Å². The Morgan fingerprint density at radius 1 is 1.21 bits per heavy atom. The Morgan fingerprint density at radius 2 is 2.03 bits per heavy atom. The van der Waals surface area contributed by atoms with Crippen LogP contribution in [0.4, 0.5) is 20.4 Å². The van der Waals surface area contributed by atoms with Crippen LogP contribution in [0.1, 0.15) is 18.5 Å². The van der Waals surface area contributed by atoms with Gasteiger partial charge in [0.2, 0.25) is 11.8 Å². The van der Waals surface area contributed by atoms with Gasteiger partial charge in [-0.15, -0.1) is 0 Å². The van der Waals surface area contributed by atoms with Crippen molar-refractivity contribution in [3.63, 3.8) is 0 Å². The summed E-state index contributed by atoms with van der Waals surface area (Å²) in [6.07, 6.45) is 3.45. The molecule has 2 aromatic heterocycles. The number of nitrogens with one attached hydrogen (secondary N) is 1. The topological polar surface area (TPSA) is 121 Å². The van der Waals surface area contributed by atoms with E-state index in [-0.39, 0.29) is 28.5 Å². The molecule has 0 aliphatic carbocycles. The third-order valence-electron chi connectivity index (χ3n) is 6.32. The van der Waals surface area contributed by atoms with Crippen molar-refractivity contribution >= 4 is 38.1 Å². The Labute approximate surface area is 224 Å². The van der Waals surface area contributed by atoms with Crippen molar-refractivity contribution in [2.24, 2.45) is 0 Å². The minimum Gasteiger partial charge on any atom is -0.489 e. The molecule has 1 aliphatic rings. The van der Waals surface area contributed by atoms with E-state index in [2.05, 4.69) is 25.5 Å². The number of hydrogen-bond acceptors (Lipinski definition) is 8. The number of halogens is 2. The van der Waals surface area contributed by atoms with Crippen LogP contribution in [-0.2, 0) is 14.4 Å². The van der Waals surface area contributed by atoms with Crippen molar-refractivity contribution in [3.8, 4) is 22.8 Å². The first kappa shape index (κ1) is 26.6. The fraction of sp³-hybridized carbons (Fsp3) is 0.259. The lowest BCUT2D eigenvalue weighted by atomic mass is 10.0. The number of nitrogens with zero attached hydrogens (tertiary/aromatic N) is 3. The van der Waals surface area contributed by atoms with Gasteiger partial charge < -0.3 is 24.7 Å². The van der Waals surface area contributed by atoms with Gasteiger partial charge in [0.15, 0.2) is 0 Å². The van der Waals surface area contributed by atoms with Crippen LogP contribution in [0.15, 0.2) is 47.5 Å². The summed E-state index contributed by atoms with van der Waals surface area (Å²) in [7, 11) is -2.05. The van der Waals surface area contributed by atoms with E-state index in [0.717, 1.165) is 30.4 Å². The average Bonchev–Trinajstić information content (AvgIpc) is 3.40. The Bertz CT molecular complexity index is 1660. The summed E-state index contributed by atoms with van der Waals surface area (Å²) in [5.74, 6) is 2.62. The second-order valence-corrected chi connectivity index (χ2v) is 11.1. The molecule has 0 amide bonds. The van der Waals surface area contributed by atoms with Crippen LogP contribution < -0.4 is 19.9 Å². The van der Waals surface area contributed by atoms with Gasteiger partial charge in [0.1, 0.15) is 35.2 Å². The van der Waals surface area contributed by atoms with E-state index in [1.807, 2.05) is 13.0 Å². The molecule has 1 aliphatic heterocycles. The highest BCUT2D eigenvalue weighted by atomic mass is 32.2. The summed E-state index contributed by atoms with van der Waals surface area (Å²) in [5.41, 5.74) is 8.65. The smallest absolute Gasteiger partial charge is 0.238 e. The van der Waals surface area contributed by atoms with Crippen LogP contribution in [0, 0.1) is 18.6 Å². The number of methoxy groups -OCH3 is 1. The van der Waals surface area contributed by atoms with Crippen LogP contribution in [-0.4, -0.2) is 51.5 Å². The molecule has 204 valence electrons. The molecule has 0 spiro atoms. The number of aromatic nitrogens is 3. The predicted molar refractivity (Wildman–Crippen MR) is 146 cm³/mol. The number of rotatable bonds is 8. The van der Waals surface area contributed by atoms with Crippen LogP contribution in [0.5, 0.6) is 11.6 Å². The van der Waals surface area contributed by atoms with Crippen LogP contribution >= 0.6 is 0 Å². The van der Waals surface area contributed by atoms with Gasteiger partial charge in [0.05, 0.1) is 33.5 Å². The molecular formula is C27H27F2N5O4S.